The van der Waals surface area contributed by atoms with E-state index >= 15 is 0 Å². The van der Waals surface area contributed by atoms with Crippen LogP contribution in [0.5, 0.6) is 0 Å². The zero-order chi connectivity index (χ0) is 15.0. The molecule has 0 fully saturated rings. The van der Waals surface area contributed by atoms with Gasteiger partial charge >= 0.3 is 11.9 Å². The summed E-state index contributed by atoms with van der Waals surface area (Å²) in [4.78, 5) is 26.9. The Morgan fingerprint density at radius 2 is 1.67 bits per heavy atom. The van der Waals surface area contributed by atoms with Crippen LogP contribution in [0.3, 0.4) is 0 Å². The van der Waals surface area contributed by atoms with E-state index in [1.807, 2.05) is 0 Å². The van der Waals surface area contributed by atoms with Crippen molar-refractivity contribution in [3.05, 3.63) is 53.6 Å². The fourth-order valence-corrected chi connectivity index (χ4v) is 2.45. The fourth-order valence-electron chi connectivity index (χ4n) is 2.45. The van der Waals surface area contributed by atoms with Crippen molar-refractivity contribution in [1.29, 1.82) is 0 Å². The number of hydrogen-bond donors (Lipinski definition) is 2. The average Bonchev–Trinajstić information content (AvgIpc) is 2.43. The number of carbonyl (C=O) groups is 2. The van der Waals surface area contributed by atoms with Gasteiger partial charge in [0.25, 0.3) is 0 Å². The lowest BCUT2D eigenvalue weighted by Gasteiger charge is -2.08. The number of aromatic nitrogens is 1. The van der Waals surface area contributed by atoms with Crippen molar-refractivity contribution in [2.75, 3.05) is 0 Å². The Balaban J connectivity index is 2.38. The van der Waals surface area contributed by atoms with Crippen LogP contribution in [0.4, 0.5) is 0 Å². The smallest absolute Gasteiger partial charge is 0.337 e. The summed E-state index contributed by atoms with van der Waals surface area (Å²) in [5.41, 5.74) is 1.85. The lowest BCUT2D eigenvalue weighted by molar-refractivity contribution is -0.136. The van der Waals surface area contributed by atoms with E-state index in [1.165, 1.54) is 0 Å². The van der Waals surface area contributed by atoms with Gasteiger partial charge in [-0.1, -0.05) is 24.3 Å². The molecule has 2 N–H and O–H groups in total. The number of rotatable bonds is 3. The van der Waals surface area contributed by atoms with Crippen molar-refractivity contribution >= 4 is 33.7 Å². The van der Waals surface area contributed by atoms with Gasteiger partial charge in [0.1, 0.15) is 0 Å². The number of aliphatic carboxylic acids is 1. The number of carboxylic acid groups (broad SMARTS) is 2. The molecule has 0 bridgehead atoms. The number of pyridine rings is 1. The molecule has 0 spiro atoms. The van der Waals surface area contributed by atoms with Crippen LogP contribution in [0.2, 0.25) is 0 Å². The van der Waals surface area contributed by atoms with E-state index < -0.39 is 11.9 Å². The molecule has 0 aliphatic heterocycles. The molecular formula is C16H11NO4. The Morgan fingerprint density at radius 3 is 2.38 bits per heavy atom. The SMILES string of the molecule is O=C(O)Cc1ccc2nc3ccccc3c(C(=O)O)c2c1. The van der Waals surface area contributed by atoms with Gasteiger partial charge in [-0.3, -0.25) is 4.79 Å². The molecule has 21 heavy (non-hydrogen) atoms. The molecule has 0 amide bonds. The van der Waals surface area contributed by atoms with E-state index in [0.717, 1.165) is 0 Å². The molecule has 1 heterocycles. The summed E-state index contributed by atoms with van der Waals surface area (Å²) in [6.45, 7) is 0. The third-order valence-corrected chi connectivity index (χ3v) is 3.31. The summed E-state index contributed by atoms with van der Waals surface area (Å²) in [6, 6.07) is 11.9. The number of aromatic carboxylic acids is 1. The summed E-state index contributed by atoms with van der Waals surface area (Å²) in [7, 11) is 0. The highest BCUT2D eigenvalue weighted by atomic mass is 16.4. The molecule has 5 nitrogen and oxygen atoms in total. The van der Waals surface area contributed by atoms with Gasteiger partial charge in [-0.15, -0.1) is 0 Å². The number of carboxylic acids is 2. The van der Waals surface area contributed by atoms with Crippen LogP contribution < -0.4 is 0 Å². The lowest BCUT2D eigenvalue weighted by atomic mass is 10.00. The molecule has 3 aromatic rings. The van der Waals surface area contributed by atoms with Crippen LogP contribution >= 0.6 is 0 Å². The highest BCUT2D eigenvalue weighted by Gasteiger charge is 2.15. The first-order valence-corrected chi connectivity index (χ1v) is 6.33. The van der Waals surface area contributed by atoms with E-state index in [1.54, 1.807) is 42.5 Å². The molecule has 0 unspecified atom stereocenters. The van der Waals surface area contributed by atoms with Crippen molar-refractivity contribution in [1.82, 2.24) is 4.98 Å². The second-order valence-corrected chi connectivity index (χ2v) is 4.73. The Kier molecular flexibility index (Phi) is 3.02. The molecule has 5 heteroatoms. The van der Waals surface area contributed by atoms with E-state index in [2.05, 4.69) is 4.98 Å². The number of nitrogens with zero attached hydrogens (tertiary/aromatic N) is 1. The molecule has 3 rings (SSSR count). The zero-order valence-corrected chi connectivity index (χ0v) is 10.9. The second-order valence-electron chi connectivity index (χ2n) is 4.73. The predicted molar refractivity (Wildman–Crippen MR) is 77.5 cm³/mol. The second kappa shape index (κ2) is 4.86. The van der Waals surface area contributed by atoms with Crippen LogP contribution in [-0.2, 0) is 11.2 Å². The van der Waals surface area contributed by atoms with Gasteiger partial charge in [0.15, 0.2) is 0 Å². The Hall–Kier alpha value is -2.95. The predicted octanol–water partition coefficient (Wildman–Crippen LogP) is 2.71. The van der Waals surface area contributed by atoms with Gasteiger partial charge < -0.3 is 10.2 Å². The van der Waals surface area contributed by atoms with Gasteiger partial charge in [0.2, 0.25) is 0 Å². The quantitative estimate of drug-likeness (QED) is 0.721. The largest absolute Gasteiger partial charge is 0.481 e. The molecule has 104 valence electrons. The topological polar surface area (TPSA) is 87.5 Å². The number of hydrogen-bond acceptors (Lipinski definition) is 3. The molecular weight excluding hydrogens is 270 g/mol. The van der Waals surface area contributed by atoms with Crippen LogP contribution in [0.15, 0.2) is 42.5 Å². The zero-order valence-electron chi connectivity index (χ0n) is 10.9. The summed E-state index contributed by atoms with van der Waals surface area (Å²) in [6.07, 6.45) is -0.151. The molecule has 0 saturated carbocycles. The first-order valence-electron chi connectivity index (χ1n) is 6.33. The Labute approximate surface area is 119 Å². The number of benzene rings is 2. The van der Waals surface area contributed by atoms with Gasteiger partial charge in [-0.2, -0.15) is 0 Å². The minimum atomic E-state index is -1.05. The first-order chi connectivity index (χ1) is 10.1. The number of para-hydroxylation sites is 1. The van der Waals surface area contributed by atoms with E-state index in [9.17, 15) is 14.7 Å². The minimum Gasteiger partial charge on any atom is -0.481 e. The molecule has 0 aliphatic carbocycles. The van der Waals surface area contributed by atoms with Crippen molar-refractivity contribution in [3.8, 4) is 0 Å². The molecule has 0 aliphatic rings. The monoisotopic (exact) mass is 281 g/mol. The van der Waals surface area contributed by atoms with E-state index in [4.69, 9.17) is 5.11 Å². The van der Waals surface area contributed by atoms with Crippen molar-refractivity contribution in [2.24, 2.45) is 0 Å². The van der Waals surface area contributed by atoms with E-state index in [-0.39, 0.29) is 12.0 Å². The summed E-state index contributed by atoms with van der Waals surface area (Å²) in [5.74, 6) is -2.01. The summed E-state index contributed by atoms with van der Waals surface area (Å²) >= 11 is 0. The third kappa shape index (κ3) is 2.29. The highest BCUT2D eigenvalue weighted by Crippen LogP contribution is 2.27. The van der Waals surface area contributed by atoms with Gasteiger partial charge in [0, 0.05) is 10.8 Å². The molecule has 0 radical (unpaired) electrons. The maximum Gasteiger partial charge on any atom is 0.337 e. The van der Waals surface area contributed by atoms with Crippen LogP contribution in [0.25, 0.3) is 21.8 Å². The first kappa shape index (κ1) is 13.1. The Morgan fingerprint density at radius 1 is 0.952 bits per heavy atom. The van der Waals surface area contributed by atoms with Crippen LogP contribution in [0.1, 0.15) is 15.9 Å². The van der Waals surface area contributed by atoms with Crippen LogP contribution in [0, 0.1) is 0 Å². The van der Waals surface area contributed by atoms with Crippen molar-refractivity contribution < 1.29 is 19.8 Å². The Bertz CT molecular complexity index is 886. The standard InChI is InChI=1S/C16H11NO4/c18-14(19)8-9-5-6-13-11(7-9)15(16(20)21)10-3-1-2-4-12(10)17-13/h1-7H,8H2,(H,18,19)(H,20,21). The van der Waals surface area contributed by atoms with Gasteiger partial charge in [0.05, 0.1) is 23.0 Å². The fraction of sp³-hybridized carbons (Fsp3) is 0.0625. The van der Waals surface area contributed by atoms with Gasteiger partial charge in [-0.25, -0.2) is 9.78 Å². The third-order valence-electron chi connectivity index (χ3n) is 3.31. The molecule has 1 aromatic heterocycles. The minimum absolute atomic E-state index is 0.151. The summed E-state index contributed by atoms with van der Waals surface area (Å²) < 4.78 is 0. The van der Waals surface area contributed by atoms with Gasteiger partial charge in [-0.05, 0) is 23.8 Å². The lowest BCUT2D eigenvalue weighted by Crippen LogP contribution is -2.03. The highest BCUT2D eigenvalue weighted by molar-refractivity contribution is 6.13. The molecule has 2 aromatic carbocycles. The van der Waals surface area contributed by atoms with Crippen molar-refractivity contribution in [3.63, 3.8) is 0 Å². The molecule has 0 atom stereocenters. The normalized spacial score (nSPS) is 10.9. The number of fused-ring (bicyclic) bond motifs is 2. The van der Waals surface area contributed by atoms with Crippen LogP contribution in [-0.4, -0.2) is 27.1 Å². The molecule has 0 saturated heterocycles. The maximum atomic E-state index is 11.6. The van der Waals surface area contributed by atoms with E-state index in [0.29, 0.717) is 27.4 Å². The maximum absolute atomic E-state index is 11.6. The van der Waals surface area contributed by atoms with Crippen molar-refractivity contribution in [2.45, 2.75) is 6.42 Å². The summed E-state index contributed by atoms with van der Waals surface area (Å²) in [5, 5.41) is 19.4. The average molecular weight is 281 g/mol.